The number of aromatic nitrogens is 3. The molecule has 0 N–H and O–H groups in total. The van der Waals surface area contributed by atoms with Gasteiger partial charge in [0.25, 0.3) is 0 Å². The Labute approximate surface area is 363 Å². The van der Waals surface area contributed by atoms with Gasteiger partial charge in [-0.05, 0) is 146 Å². The Morgan fingerprint density at radius 1 is 0.323 bits per heavy atom. The molecule has 4 bridgehead atoms. The van der Waals surface area contributed by atoms with Gasteiger partial charge < -0.3 is 0 Å². The molecule has 8 aromatic carbocycles. The third-order valence-electron chi connectivity index (χ3n) is 15.1. The number of benzene rings is 8. The van der Waals surface area contributed by atoms with E-state index in [4.69, 9.17) is 15.0 Å². The lowest BCUT2D eigenvalue weighted by molar-refractivity contribution is -0.0399. The van der Waals surface area contributed by atoms with Crippen LogP contribution in [0.5, 0.6) is 0 Å². The Morgan fingerprint density at radius 3 is 1.39 bits per heavy atom. The maximum absolute atomic E-state index is 5.47. The van der Waals surface area contributed by atoms with Gasteiger partial charge in [0.2, 0.25) is 0 Å². The van der Waals surface area contributed by atoms with E-state index in [1.165, 1.54) is 54.2 Å². The molecule has 1 spiro atoms. The lowest BCUT2D eigenvalue weighted by atomic mass is 9.43. The molecule has 4 saturated carbocycles. The minimum atomic E-state index is 0.0768. The number of rotatable bonds is 6. The molecule has 3 heteroatoms. The predicted molar refractivity (Wildman–Crippen MR) is 253 cm³/mol. The second kappa shape index (κ2) is 14.0. The third-order valence-corrected chi connectivity index (χ3v) is 15.1. The standard InChI is InChI=1S/C59H45N3/c1-3-14-39(15-4-1)41-20-11-22-45(33-41)56-60-57(46-23-12-21-42(34-46)40-16-5-2-6-17-40)62-58(61-56)52-36-44-19-8-7-18-43(44)35-51(52)49-25-13-27-54-55(49)50-24-9-10-26-53(50)59(54)47-29-37-28-38(31-47)32-48(59)30-37/h1-27,33-38,47-48H,28-32H2. The molecule has 296 valence electrons. The van der Waals surface area contributed by atoms with E-state index < -0.39 is 0 Å². The summed E-state index contributed by atoms with van der Waals surface area (Å²) in [5.41, 5.74) is 15.9. The van der Waals surface area contributed by atoms with Crippen LogP contribution in [-0.2, 0) is 5.41 Å². The summed E-state index contributed by atoms with van der Waals surface area (Å²) in [5.74, 6) is 5.16. The largest absolute Gasteiger partial charge is 0.208 e. The molecule has 5 aliphatic carbocycles. The van der Waals surface area contributed by atoms with Gasteiger partial charge in [0.1, 0.15) is 0 Å². The molecule has 1 aromatic heterocycles. The Kier molecular flexibility index (Phi) is 8.10. The van der Waals surface area contributed by atoms with Crippen LogP contribution in [0.3, 0.4) is 0 Å². The molecule has 1 heterocycles. The summed E-state index contributed by atoms with van der Waals surface area (Å²) >= 11 is 0. The zero-order chi connectivity index (χ0) is 40.8. The van der Waals surface area contributed by atoms with Crippen molar-refractivity contribution in [3.05, 3.63) is 199 Å². The highest BCUT2D eigenvalue weighted by atomic mass is 15.0. The van der Waals surface area contributed by atoms with Crippen molar-refractivity contribution in [2.24, 2.45) is 23.7 Å². The molecule has 0 saturated heterocycles. The highest BCUT2D eigenvalue weighted by Gasteiger charge is 2.61. The monoisotopic (exact) mass is 795 g/mol. The van der Waals surface area contributed by atoms with Crippen LogP contribution in [-0.4, -0.2) is 15.0 Å². The van der Waals surface area contributed by atoms with Crippen LogP contribution in [0.15, 0.2) is 188 Å². The normalized spacial score (nSPS) is 21.6. The lowest BCUT2D eigenvalue weighted by Crippen LogP contribution is -2.55. The molecule has 4 fully saturated rings. The van der Waals surface area contributed by atoms with Gasteiger partial charge >= 0.3 is 0 Å². The number of nitrogens with zero attached hydrogens (tertiary/aromatic N) is 3. The fourth-order valence-corrected chi connectivity index (χ4v) is 12.8. The Hall–Kier alpha value is -6.97. The first-order chi connectivity index (χ1) is 30.7. The zero-order valence-electron chi connectivity index (χ0n) is 34.6. The topological polar surface area (TPSA) is 38.7 Å². The predicted octanol–water partition coefficient (Wildman–Crippen LogP) is 14.7. The molecule has 0 aliphatic heterocycles. The average molecular weight is 796 g/mol. The van der Waals surface area contributed by atoms with Gasteiger partial charge in [-0.1, -0.05) is 164 Å². The van der Waals surface area contributed by atoms with Crippen molar-refractivity contribution >= 4 is 10.8 Å². The van der Waals surface area contributed by atoms with E-state index in [1.807, 2.05) is 0 Å². The van der Waals surface area contributed by atoms with Gasteiger partial charge in [0.05, 0.1) is 0 Å². The van der Waals surface area contributed by atoms with Gasteiger partial charge in [-0.25, -0.2) is 15.0 Å². The highest BCUT2D eigenvalue weighted by molar-refractivity contribution is 6.01. The summed E-state index contributed by atoms with van der Waals surface area (Å²) < 4.78 is 0. The Balaban J connectivity index is 1.05. The highest BCUT2D eigenvalue weighted by Crippen LogP contribution is 2.70. The van der Waals surface area contributed by atoms with Crippen LogP contribution in [0.4, 0.5) is 0 Å². The number of hydrogen-bond donors (Lipinski definition) is 0. The van der Waals surface area contributed by atoms with Gasteiger partial charge in [0, 0.05) is 22.1 Å². The molecule has 5 aliphatic rings. The molecule has 9 aromatic rings. The minimum absolute atomic E-state index is 0.0768. The number of hydrogen-bond acceptors (Lipinski definition) is 3. The van der Waals surface area contributed by atoms with Crippen molar-refractivity contribution in [1.29, 1.82) is 0 Å². The van der Waals surface area contributed by atoms with Gasteiger partial charge in [0.15, 0.2) is 17.5 Å². The second-order valence-corrected chi connectivity index (χ2v) is 18.4. The maximum atomic E-state index is 5.47. The van der Waals surface area contributed by atoms with E-state index in [1.54, 1.807) is 11.1 Å². The zero-order valence-corrected chi connectivity index (χ0v) is 34.6. The minimum Gasteiger partial charge on any atom is -0.208 e. The molecule has 0 unspecified atom stereocenters. The summed E-state index contributed by atoms with van der Waals surface area (Å²) in [4.78, 5) is 16.2. The van der Waals surface area contributed by atoms with Gasteiger partial charge in [-0.15, -0.1) is 0 Å². The van der Waals surface area contributed by atoms with Crippen molar-refractivity contribution < 1.29 is 0 Å². The maximum Gasteiger partial charge on any atom is 0.164 e. The average Bonchev–Trinajstić information content (AvgIpc) is 3.64. The first-order valence-corrected chi connectivity index (χ1v) is 22.5. The second-order valence-electron chi connectivity index (χ2n) is 18.4. The van der Waals surface area contributed by atoms with Crippen molar-refractivity contribution in [1.82, 2.24) is 15.0 Å². The number of fused-ring (bicyclic) bond motifs is 4. The van der Waals surface area contributed by atoms with Gasteiger partial charge in [-0.2, -0.15) is 0 Å². The smallest absolute Gasteiger partial charge is 0.164 e. The van der Waals surface area contributed by atoms with Crippen LogP contribution < -0.4 is 0 Å². The molecular weight excluding hydrogens is 751 g/mol. The van der Waals surface area contributed by atoms with E-state index in [2.05, 4.69) is 188 Å². The van der Waals surface area contributed by atoms with Gasteiger partial charge in [-0.3, -0.25) is 0 Å². The third kappa shape index (κ3) is 5.54. The summed E-state index contributed by atoms with van der Waals surface area (Å²) in [6.07, 6.45) is 6.89. The molecule has 3 nitrogen and oxygen atoms in total. The van der Waals surface area contributed by atoms with E-state index >= 15 is 0 Å². The summed E-state index contributed by atoms with van der Waals surface area (Å²) in [6, 6.07) is 68.5. The first-order valence-electron chi connectivity index (χ1n) is 22.5. The molecular formula is C59H45N3. The first kappa shape index (κ1) is 35.8. The lowest BCUT2D eigenvalue weighted by Gasteiger charge is -2.61. The van der Waals surface area contributed by atoms with Crippen LogP contribution in [0.25, 0.3) is 89.4 Å². The summed E-state index contributed by atoms with van der Waals surface area (Å²) in [5, 5.41) is 2.37. The van der Waals surface area contributed by atoms with Crippen LogP contribution in [0.2, 0.25) is 0 Å². The molecule has 0 radical (unpaired) electrons. The molecule has 62 heavy (non-hydrogen) atoms. The van der Waals surface area contributed by atoms with E-state index in [-0.39, 0.29) is 5.41 Å². The Bertz CT molecular complexity index is 3070. The summed E-state index contributed by atoms with van der Waals surface area (Å²) in [6.45, 7) is 0. The molecule has 14 rings (SSSR count). The molecule has 0 atom stereocenters. The Morgan fingerprint density at radius 2 is 0.774 bits per heavy atom. The van der Waals surface area contributed by atoms with E-state index in [0.717, 1.165) is 61.7 Å². The fourth-order valence-electron chi connectivity index (χ4n) is 12.8. The van der Waals surface area contributed by atoms with E-state index in [9.17, 15) is 0 Å². The van der Waals surface area contributed by atoms with Crippen LogP contribution >= 0.6 is 0 Å². The quantitative estimate of drug-likeness (QED) is 0.168. The van der Waals surface area contributed by atoms with Crippen molar-refractivity contribution in [3.8, 4) is 78.7 Å². The van der Waals surface area contributed by atoms with Crippen molar-refractivity contribution in [3.63, 3.8) is 0 Å². The van der Waals surface area contributed by atoms with Crippen LogP contribution in [0.1, 0.15) is 43.2 Å². The molecule has 0 amide bonds. The van der Waals surface area contributed by atoms with E-state index in [0.29, 0.717) is 29.3 Å². The van der Waals surface area contributed by atoms with Crippen molar-refractivity contribution in [2.45, 2.75) is 37.5 Å². The SMILES string of the molecule is c1ccc(-c2cccc(-c3nc(-c4cccc(-c5ccccc5)c4)nc(-c4cc5ccccc5cc4-c4cccc5c4-c4ccccc4C54C5CC6CC(C5)CC4C6)n3)c2)cc1. The van der Waals surface area contributed by atoms with Crippen LogP contribution in [0, 0.1) is 23.7 Å². The van der Waals surface area contributed by atoms with Crippen molar-refractivity contribution in [2.75, 3.05) is 0 Å². The summed E-state index contributed by atoms with van der Waals surface area (Å²) in [7, 11) is 0. The fraction of sp³-hybridized carbons (Fsp3) is 0.169.